The molecule has 3 amide bonds. The van der Waals surface area contributed by atoms with E-state index in [2.05, 4.69) is 20.9 Å². The lowest BCUT2D eigenvalue weighted by atomic mass is 9.95. The van der Waals surface area contributed by atoms with Gasteiger partial charge in [-0.1, -0.05) is 0 Å². The van der Waals surface area contributed by atoms with Crippen LogP contribution in [0.5, 0.6) is 0 Å². The number of nitrogens with two attached hydrogens (primary N) is 3. The first-order chi connectivity index (χ1) is 16.6. The first-order valence-electron chi connectivity index (χ1n) is 11.7. The topological polar surface area (TPSA) is 240 Å². The van der Waals surface area contributed by atoms with E-state index in [9.17, 15) is 24.6 Å². The molecule has 0 aliphatic carbocycles. The molecule has 0 aromatic rings. The minimum Gasteiger partial charge on any atom is -0.441 e. The van der Waals surface area contributed by atoms with Crippen LogP contribution in [0.15, 0.2) is 4.99 Å². The summed E-state index contributed by atoms with van der Waals surface area (Å²) in [4.78, 5) is 42.8. The van der Waals surface area contributed by atoms with Gasteiger partial charge in [-0.3, -0.25) is 9.59 Å². The Morgan fingerprint density at radius 3 is 2.83 bits per heavy atom. The second kappa shape index (κ2) is 11.8. The Morgan fingerprint density at radius 1 is 1.43 bits per heavy atom. The van der Waals surface area contributed by atoms with Gasteiger partial charge < -0.3 is 57.7 Å². The van der Waals surface area contributed by atoms with Gasteiger partial charge in [0.1, 0.15) is 18.2 Å². The molecule has 0 unspecified atom stereocenters. The number of nitrogens with zero attached hydrogens (tertiary/aromatic N) is 2. The van der Waals surface area contributed by atoms with Gasteiger partial charge >= 0.3 is 6.09 Å². The highest BCUT2D eigenvalue weighted by atomic mass is 16.6. The molecule has 198 valence electrons. The zero-order valence-electron chi connectivity index (χ0n) is 19.6. The number of nitrogens with one attached hydrogen (secondary N) is 3. The molecule has 3 aliphatic heterocycles. The van der Waals surface area contributed by atoms with Crippen molar-refractivity contribution in [2.24, 2.45) is 22.2 Å². The normalized spacial score (nSPS) is 33.3. The van der Waals surface area contributed by atoms with Crippen molar-refractivity contribution in [2.75, 3.05) is 26.7 Å². The molecular weight excluding hydrogens is 464 g/mol. The van der Waals surface area contributed by atoms with Crippen LogP contribution in [0.3, 0.4) is 0 Å². The fourth-order valence-electron chi connectivity index (χ4n) is 4.49. The standard InChI is InChI=1S/C20H36N8O7/c1-28-6-4-10-13(18(28)32)26-20(24-10)27-17-14(25-12(30)7-9(22)3-2-5-21)16(35-19(23)33)15(31)11(8-29)34-17/h9-11,13-17,29,31H,2-8,21-22H2,1H3,(H2,23,33)(H,25,30)(H2,24,26,27)/t9-,10-,11+,13-,14+,15-,16+,17-/m1/s1. The molecule has 2 saturated heterocycles. The molecule has 15 nitrogen and oxygen atoms in total. The molecule has 0 spiro atoms. The minimum atomic E-state index is -1.49. The number of piperidine rings is 1. The number of carbonyl (C=O) groups excluding carboxylic acids is 3. The Kier molecular flexibility index (Phi) is 9.07. The molecule has 11 N–H and O–H groups in total. The molecule has 15 heteroatoms. The van der Waals surface area contributed by atoms with Gasteiger partial charge in [-0.2, -0.15) is 0 Å². The van der Waals surface area contributed by atoms with Crippen LogP contribution in [0.1, 0.15) is 25.7 Å². The molecule has 35 heavy (non-hydrogen) atoms. The van der Waals surface area contributed by atoms with E-state index >= 15 is 0 Å². The zero-order valence-corrected chi connectivity index (χ0v) is 19.6. The highest BCUT2D eigenvalue weighted by Gasteiger charge is 2.49. The lowest BCUT2D eigenvalue weighted by molar-refractivity contribution is -0.198. The number of guanidine groups is 1. The molecule has 0 aromatic carbocycles. The fraction of sp³-hybridized carbons (Fsp3) is 0.800. The number of rotatable bonds is 9. The van der Waals surface area contributed by atoms with Crippen molar-refractivity contribution >= 4 is 23.9 Å². The Bertz CT molecular complexity index is 814. The van der Waals surface area contributed by atoms with E-state index in [-0.39, 0.29) is 24.3 Å². The van der Waals surface area contributed by atoms with Crippen LogP contribution in [0, 0.1) is 0 Å². The predicted molar refractivity (Wildman–Crippen MR) is 123 cm³/mol. The monoisotopic (exact) mass is 500 g/mol. The number of likely N-dealkylation sites (tertiary alicyclic amines) is 1. The lowest BCUT2D eigenvalue weighted by Crippen LogP contribution is -2.70. The van der Waals surface area contributed by atoms with E-state index < -0.39 is 61.3 Å². The number of carbonyl (C=O) groups is 3. The third-order valence-electron chi connectivity index (χ3n) is 6.36. The minimum absolute atomic E-state index is 0.0454. The molecule has 2 fully saturated rings. The SMILES string of the molecule is CN1CC[C@H]2NC(N[C@@H]3O[C@@H](CO)[C@@H](O)[C@@H](OC(N)=O)[C@@H]3NC(=O)C[C@H](N)CCCN)=N[C@H]2C1=O. The molecule has 3 heterocycles. The number of likely N-dealkylation sites (N-methyl/N-ethyl adjacent to an activating group) is 1. The van der Waals surface area contributed by atoms with E-state index in [1.54, 1.807) is 11.9 Å². The van der Waals surface area contributed by atoms with Crippen molar-refractivity contribution in [1.82, 2.24) is 20.9 Å². The summed E-state index contributed by atoms with van der Waals surface area (Å²) >= 11 is 0. The summed E-state index contributed by atoms with van der Waals surface area (Å²) in [5.41, 5.74) is 16.7. The van der Waals surface area contributed by atoms with Crippen LogP contribution in [-0.4, -0.2) is 114 Å². The highest BCUT2D eigenvalue weighted by molar-refractivity contribution is 5.92. The largest absolute Gasteiger partial charge is 0.441 e. The van der Waals surface area contributed by atoms with Crippen molar-refractivity contribution < 1.29 is 34.1 Å². The van der Waals surface area contributed by atoms with Gasteiger partial charge in [0.05, 0.1) is 12.6 Å². The maximum atomic E-state index is 12.7. The van der Waals surface area contributed by atoms with E-state index in [0.29, 0.717) is 32.4 Å². The predicted octanol–water partition coefficient (Wildman–Crippen LogP) is -4.38. The third-order valence-corrected chi connectivity index (χ3v) is 6.36. The number of hydrogen-bond donors (Lipinski definition) is 8. The lowest BCUT2D eigenvalue weighted by Gasteiger charge is -2.44. The van der Waals surface area contributed by atoms with Crippen molar-refractivity contribution in [3.8, 4) is 0 Å². The van der Waals surface area contributed by atoms with Gasteiger partial charge in [-0.25, -0.2) is 9.79 Å². The van der Waals surface area contributed by atoms with Crippen molar-refractivity contribution in [3.63, 3.8) is 0 Å². The number of fused-ring (bicyclic) bond motifs is 1. The molecule has 0 saturated carbocycles. The first-order valence-corrected chi connectivity index (χ1v) is 11.7. The molecule has 0 bridgehead atoms. The molecule has 3 rings (SSSR count). The maximum absolute atomic E-state index is 12.7. The average molecular weight is 501 g/mol. The Morgan fingerprint density at radius 2 is 2.17 bits per heavy atom. The van der Waals surface area contributed by atoms with E-state index in [1.807, 2.05) is 0 Å². The molecule has 0 radical (unpaired) electrons. The van der Waals surface area contributed by atoms with Crippen LogP contribution in [0.25, 0.3) is 0 Å². The summed E-state index contributed by atoms with van der Waals surface area (Å²) < 4.78 is 10.9. The van der Waals surface area contributed by atoms with Gasteiger partial charge in [0.25, 0.3) is 0 Å². The van der Waals surface area contributed by atoms with Crippen LogP contribution < -0.4 is 33.2 Å². The average Bonchev–Trinajstić information content (AvgIpc) is 3.22. The van der Waals surface area contributed by atoms with Gasteiger partial charge in [0.2, 0.25) is 11.8 Å². The maximum Gasteiger partial charge on any atom is 0.404 e. The van der Waals surface area contributed by atoms with Gasteiger partial charge in [0.15, 0.2) is 24.3 Å². The van der Waals surface area contributed by atoms with Crippen LogP contribution in [-0.2, 0) is 19.1 Å². The Balaban J connectivity index is 1.79. The first kappa shape index (κ1) is 26.9. The number of aliphatic hydroxyl groups is 2. The number of aliphatic hydroxyl groups excluding tert-OH is 2. The Labute approximate surface area is 202 Å². The van der Waals surface area contributed by atoms with Crippen LogP contribution in [0.4, 0.5) is 4.79 Å². The molecule has 0 aromatic heterocycles. The molecular formula is C20H36N8O7. The quantitative estimate of drug-likeness (QED) is 0.150. The zero-order chi connectivity index (χ0) is 25.7. The number of aliphatic imine (C=N–C) groups is 1. The highest BCUT2D eigenvalue weighted by Crippen LogP contribution is 2.24. The second-order valence-corrected chi connectivity index (χ2v) is 9.02. The van der Waals surface area contributed by atoms with Crippen molar-refractivity contribution in [2.45, 2.75) is 74.4 Å². The molecule has 8 atom stereocenters. The fourth-order valence-corrected chi connectivity index (χ4v) is 4.49. The number of amides is 3. The number of ether oxygens (including phenoxy) is 2. The van der Waals surface area contributed by atoms with Crippen molar-refractivity contribution in [1.29, 1.82) is 0 Å². The van der Waals surface area contributed by atoms with E-state index in [1.165, 1.54) is 0 Å². The summed E-state index contributed by atoms with van der Waals surface area (Å²) in [7, 11) is 1.70. The van der Waals surface area contributed by atoms with Gasteiger partial charge in [0, 0.05) is 26.1 Å². The van der Waals surface area contributed by atoms with Crippen molar-refractivity contribution in [3.05, 3.63) is 0 Å². The van der Waals surface area contributed by atoms with E-state index in [0.717, 1.165) is 0 Å². The summed E-state index contributed by atoms with van der Waals surface area (Å²) in [6, 6.07) is -2.41. The molecule has 3 aliphatic rings. The summed E-state index contributed by atoms with van der Waals surface area (Å²) in [6.45, 7) is 0.416. The number of hydrogen-bond acceptors (Lipinski definition) is 12. The van der Waals surface area contributed by atoms with Gasteiger partial charge in [-0.15, -0.1) is 0 Å². The second-order valence-electron chi connectivity index (χ2n) is 9.02. The van der Waals surface area contributed by atoms with Crippen LogP contribution in [0.2, 0.25) is 0 Å². The summed E-state index contributed by atoms with van der Waals surface area (Å²) in [6.07, 6.45) is -4.46. The summed E-state index contributed by atoms with van der Waals surface area (Å²) in [5.74, 6) is -0.377. The smallest absolute Gasteiger partial charge is 0.404 e. The number of primary amides is 1. The van der Waals surface area contributed by atoms with E-state index in [4.69, 9.17) is 26.7 Å². The summed E-state index contributed by atoms with van der Waals surface area (Å²) in [5, 5.41) is 29.1. The Hall–Kier alpha value is -2.72. The van der Waals surface area contributed by atoms with Gasteiger partial charge in [-0.05, 0) is 25.8 Å². The van der Waals surface area contributed by atoms with Crippen LogP contribution >= 0.6 is 0 Å². The third kappa shape index (κ3) is 6.49.